The lowest BCUT2D eigenvalue weighted by Crippen LogP contribution is -2.45. The maximum atomic E-state index is 12.8. The molecule has 1 unspecified atom stereocenters. The number of hydrogen-bond acceptors (Lipinski definition) is 6. The minimum atomic E-state index is -3.44. The van der Waals surface area contributed by atoms with E-state index in [1.807, 2.05) is 12.1 Å². The Labute approximate surface area is 182 Å². The Morgan fingerprint density at radius 1 is 1.13 bits per heavy atom. The molecule has 0 aromatic carbocycles. The fourth-order valence-electron chi connectivity index (χ4n) is 4.36. The van der Waals surface area contributed by atoms with Crippen LogP contribution in [0.15, 0.2) is 44.5 Å². The van der Waals surface area contributed by atoms with Crippen molar-refractivity contribution in [1.82, 2.24) is 14.5 Å². The second-order valence-corrected chi connectivity index (χ2v) is 11.1. The zero-order chi connectivity index (χ0) is 21.0. The maximum Gasteiger partial charge on any atom is 0.252 e. The molecular formula is C21H29N3O4S2. The van der Waals surface area contributed by atoms with Crippen LogP contribution in [0.5, 0.6) is 0 Å². The van der Waals surface area contributed by atoms with Crippen LogP contribution in [0.4, 0.5) is 0 Å². The van der Waals surface area contributed by atoms with Gasteiger partial charge in [0, 0.05) is 25.6 Å². The van der Waals surface area contributed by atoms with Gasteiger partial charge in [0.15, 0.2) is 0 Å². The van der Waals surface area contributed by atoms with Gasteiger partial charge in [-0.2, -0.15) is 4.31 Å². The topological polar surface area (TPSA) is 82.9 Å². The normalized spacial score (nSPS) is 20.8. The van der Waals surface area contributed by atoms with E-state index >= 15 is 0 Å². The minimum Gasteiger partial charge on any atom is -0.468 e. The highest BCUT2D eigenvalue weighted by Crippen LogP contribution is 2.27. The molecule has 0 radical (unpaired) electrons. The molecule has 2 aromatic rings. The number of nitrogens with one attached hydrogen (secondary N) is 1. The van der Waals surface area contributed by atoms with Crippen LogP contribution in [-0.4, -0.2) is 56.3 Å². The van der Waals surface area contributed by atoms with Gasteiger partial charge in [0.25, 0.3) is 10.0 Å². The van der Waals surface area contributed by atoms with Gasteiger partial charge < -0.3 is 9.73 Å². The lowest BCUT2D eigenvalue weighted by molar-refractivity contribution is -0.126. The van der Waals surface area contributed by atoms with Crippen molar-refractivity contribution in [3.8, 4) is 0 Å². The number of amides is 1. The van der Waals surface area contributed by atoms with Crippen LogP contribution in [0.1, 0.15) is 43.9 Å². The summed E-state index contributed by atoms with van der Waals surface area (Å²) in [6, 6.07) is 7.28. The number of likely N-dealkylation sites (tertiary alicyclic amines) is 1. The molecule has 7 nitrogen and oxygen atoms in total. The average molecular weight is 452 g/mol. The predicted molar refractivity (Wildman–Crippen MR) is 116 cm³/mol. The summed E-state index contributed by atoms with van der Waals surface area (Å²) >= 11 is 1.23. The minimum absolute atomic E-state index is 0.0109. The molecule has 0 aliphatic carbocycles. The summed E-state index contributed by atoms with van der Waals surface area (Å²) in [4.78, 5) is 15.2. The maximum absolute atomic E-state index is 12.8. The number of sulfonamides is 1. The van der Waals surface area contributed by atoms with E-state index < -0.39 is 10.0 Å². The van der Waals surface area contributed by atoms with Gasteiger partial charge in [-0.15, -0.1) is 11.3 Å². The third-order valence-corrected chi connectivity index (χ3v) is 9.36. The van der Waals surface area contributed by atoms with E-state index in [1.54, 1.807) is 23.8 Å². The zero-order valence-corrected chi connectivity index (χ0v) is 18.7. The molecule has 2 saturated heterocycles. The molecule has 2 fully saturated rings. The lowest BCUT2D eigenvalue weighted by atomic mass is 9.97. The summed E-state index contributed by atoms with van der Waals surface area (Å²) in [6.45, 7) is 3.30. The van der Waals surface area contributed by atoms with Crippen molar-refractivity contribution >= 4 is 27.3 Å². The molecule has 2 aliphatic rings. The van der Waals surface area contributed by atoms with E-state index in [0.717, 1.165) is 18.8 Å². The Morgan fingerprint density at radius 3 is 2.53 bits per heavy atom. The highest BCUT2D eigenvalue weighted by atomic mass is 32.2. The number of furan rings is 1. The molecule has 4 rings (SSSR count). The Hall–Kier alpha value is -1.68. The summed E-state index contributed by atoms with van der Waals surface area (Å²) in [5.74, 6) is 0.740. The van der Waals surface area contributed by atoms with Gasteiger partial charge in [0.2, 0.25) is 5.91 Å². The van der Waals surface area contributed by atoms with Crippen molar-refractivity contribution in [3.63, 3.8) is 0 Å². The number of carbonyl (C=O) groups is 1. The Bertz CT molecular complexity index is 898. The van der Waals surface area contributed by atoms with Crippen LogP contribution < -0.4 is 5.32 Å². The smallest absolute Gasteiger partial charge is 0.252 e. The summed E-state index contributed by atoms with van der Waals surface area (Å²) in [5, 5.41) is 4.88. The van der Waals surface area contributed by atoms with Gasteiger partial charge in [0.1, 0.15) is 9.97 Å². The molecule has 0 bridgehead atoms. The molecule has 9 heteroatoms. The van der Waals surface area contributed by atoms with Crippen LogP contribution in [-0.2, 0) is 14.8 Å². The van der Waals surface area contributed by atoms with Crippen molar-refractivity contribution in [2.75, 3.05) is 32.7 Å². The first-order chi connectivity index (χ1) is 14.6. The van der Waals surface area contributed by atoms with Crippen LogP contribution in [0.3, 0.4) is 0 Å². The van der Waals surface area contributed by atoms with Gasteiger partial charge >= 0.3 is 0 Å². The monoisotopic (exact) mass is 451 g/mol. The molecule has 2 aliphatic heterocycles. The van der Waals surface area contributed by atoms with Gasteiger partial charge in [-0.3, -0.25) is 9.69 Å². The van der Waals surface area contributed by atoms with Crippen molar-refractivity contribution in [3.05, 3.63) is 41.7 Å². The van der Waals surface area contributed by atoms with E-state index in [0.29, 0.717) is 36.7 Å². The second kappa shape index (κ2) is 9.64. The third kappa shape index (κ3) is 4.80. The molecule has 1 amide bonds. The molecule has 164 valence electrons. The number of thiophene rings is 1. The number of piperidine rings is 2. The van der Waals surface area contributed by atoms with Crippen LogP contribution >= 0.6 is 11.3 Å². The van der Waals surface area contributed by atoms with Gasteiger partial charge in [-0.25, -0.2) is 8.42 Å². The van der Waals surface area contributed by atoms with E-state index in [-0.39, 0.29) is 17.9 Å². The highest BCUT2D eigenvalue weighted by molar-refractivity contribution is 7.91. The molecule has 1 N–H and O–H groups in total. The first-order valence-electron chi connectivity index (χ1n) is 10.6. The standard InChI is InChI=1S/C21H29N3O4S2/c25-21(17-8-12-24(13-9-17)30(26,27)20-7-5-15-29-20)22-16-18(19-6-4-14-28-19)23-10-2-1-3-11-23/h4-7,14-15,17-18H,1-3,8-13,16H2,(H,22,25). The van der Waals surface area contributed by atoms with Crippen molar-refractivity contribution < 1.29 is 17.6 Å². The van der Waals surface area contributed by atoms with Crippen molar-refractivity contribution in [2.24, 2.45) is 5.92 Å². The third-order valence-electron chi connectivity index (χ3n) is 6.09. The largest absolute Gasteiger partial charge is 0.468 e. The Kier molecular flexibility index (Phi) is 6.92. The number of rotatable bonds is 7. The average Bonchev–Trinajstić information content (AvgIpc) is 3.49. The van der Waals surface area contributed by atoms with E-state index in [2.05, 4.69) is 10.2 Å². The molecule has 0 saturated carbocycles. The van der Waals surface area contributed by atoms with Gasteiger partial charge in [-0.05, 0) is 62.4 Å². The van der Waals surface area contributed by atoms with E-state index in [1.165, 1.54) is 34.9 Å². The summed E-state index contributed by atoms with van der Waals surface area (Å²) in [5.41, 5.74) is 0. The van der Waals surface area contributed by atoms with Crippen molar-refractivity contribution in [2.45, 2.75) is 42.4 Å². The van der Waals surface area contributed by atoms with E-state index in [4.69, 9.17) is 4.42 Å². The fourth-order valence-corrected chi connectivity index (χ4v) is 6.97. The molecule has 0 spiro atoms. The summed E-state index contributed by atoms with van der Waals surface area (Å²) in [6.07, 6.45) is 6.36. The van der Waals surface area contributed by atoms with Gasteiger partial charge in [-0.1, -0.05) is 12.5 Å². The second-order valence-electron chi connectivity index (χ2n) is 7.98. The molecule has 4 heterocycles. The number of carbonyl (C=O) groups excluding carboxylic acids is 1. The van der Waals surface area contributed by atoms with E-state index in [9.17, 15) is 13.2 Å². The number of nitrogens with zero attached hydrogens (tertiary/aromatic N) is 2. The molecular weight excluding hydrogens is 422 g/mol. The predicted octanol–water partition coefficient (Wildman–Crippen LogP) is 3.09. The van der Waals surface area contributed by atoms with Crippen LogP contribution in [0, 0.1) is 5.92 Å². The lowest BCUT2D eigenvalue weighted by Gasteiger charge is -2.34. The quantitative estimate of drug-likeness (QED) is 0.700. The first-order valence-corrected chi connectivity index (χ1v) is 13.0. The summed E-state index contributed by atoms with van der Waals surface area (Å²) < 4.78 is 32.9. The fraction of sp³-hybridized carbons (Fsp3) is 0.571. The molecule has 30 heavy (non-hydrogen) atoms. The van der Waals surface area contributed by atoms with Crippen LogP contribution in [0.2, 0.25) is 0 Å². The Morgan fingerprint density at radius 2 is 1.90 bits per heavy atom. The number of hydrogen-bond donors (Lipinski definition) is 1. The SMILES string of the molecule is O=C(NCC(c1ccco1)N1CCCCC1)C1CCN(S(=O)(=O)c2cccs2)CC1. The Balaban J connectivity index is 1.32. The highest BCUT2D eigenvalue weighted by Gasteiger charge is 2.33. The van der Waals surface area contributed by atoms with Crippen LogP contribution in [0.25, 0.3) is 0 Å². The summed E-state index contributed by atoms with van der Waals surface area (Å²) in [7, 11) is -3.44. The van der Waals surface area contributed by atoms with Gasteiger partial charge in [0.05, 0.1) is 12.3 Å². The first kappa shape index (κ1) is 21.5. The zero-order valence-electron chi connectivity index (χ0n) is 17.0. The molecule has 1 atom stereocenters. The molecule has 2 aromatic heterocycles. The van der Waals surface area contributed by atoms with Crippen molar-refractivity contribution in [1.29, 1.82) is 0 Å².